The van der Waals surface area contributed by atoms with Crippen molar-refractivity contribution in [1.82, 2.24) is 27.2 Å². The zero-order valence-corrected chi connectivity index (χ0v) is 73.3. The molecule has 628 valence electrons. The maximum Gasteiger partial charge on any atom is 0.136 e. The predicted molar refractivity (Wildman–Crippen MR) is 570 cm³/mol. The number of rotatable bonds is 9. The van der Waals surface area contributed by atoms with Gasteiger partial charge in [-0.05, 0) is 206 Å². The number of benzene rings is 22. The lowest BCUT2D eigenvalue weighted by Crippen LogP contribution is -1.96. The first-order valence-corrected chi connectivity index (χ1v) is 46.4. The third-order valence-corrected chi connectivity index (χ3v) is 28.4. The quantitative estimate of drug-likeness (QED) is 0.142. The molecule has 8 heterocycles. The minimum atomic E-state index is 0.913. The highest BCUT2D eigenvalue weighted by Crippen LogP contribution is 2.50. The molecule has 0 spiro atoms. The summed E-state index contributed by atoms with van der Waals surface area (Å²) in [5.74, 6) is 0. The summed E-state index contributed by atoms with van der Waals surface area (Å²) < 4.78 is 20.9. The van der Waals surface area contributed by atoms with Gasteiger partial charge in [-0.3, -0.25) is 0 Å². The second-order valence-electron chi connectivity index (χ2n) is 35.6. The highest BCUT2D eigenvalue weighted by molar-refractivity contribution is 6.34. The molecule has 0 amide bonds. The average Bonchev–Trinajstić information content (AvgIpc) is 1.52. The lowest BCUT2D eigenvalue weighted by atomic mass is 9.94. The molecule has 135 heavy (non-hydrogen) atoms. The smallest absolute Gasteiger partial charge is 0.136 e. The van der Waals surface area contributed by atoms with Gasteiger partial charge in [0.1, 0.15) is 11.2 Å². The zero-order valence-electron chi connectivity index (χ0n) is 73.3. The fourth-order valence-electron chi connectivity index (χ4n) is 22.6. The highest BCUT2D eigenvalue weighted by Gasteiger charge is 2.27. The van der Waals surface area contributed by atoms with Gasteiger partial charge < -0.3 is 31.7 Å². The molecule has 0 saturated carbocycles. The molecule has 30 rings (SSSR count). The van der Waals surface area contributed by atoms with Crippen molar-refractivity contribution in [3.63, 3.8) is 0 Å². The van der Waals surface area contributed by atoms with Crippen molar-refractivity contribution in [2.24, 2.45) is 0 Å². The largest absolute Gasteiger partial charge is 0.456 e. The molecule has 0 radical (unpaired) electrons. The second kappa shape index (κ2) is 30.3. The first-order valence-electron chi connectivity index (χ1n) is 46.4. The summed E-state index contributed by atoms with van der Waals surface area (Å²) in [5.41, 5.74) is 33.2. The van der Waals surface area contributed by atoms with Crippen LogP contribution in [0.4, 0.5) is 0 Å². The summed E-state index contributed by atoms with van der Waals surface area (Å²) in [4.78, 5) is 0. The maximum atomic E-state index is 6.21. The molecule has 0 atom stereocenters. The Bertz CT molecular complexity index is 10000. The van der Waals surface area contributed by atoms with E-state index in [4.69, 9.17) is 4.42 Å². The van der Waals surface area contributed by atoms with E-state index in [-0.39, 0.29) is 0 Å². The molecule has 0 fully saturated rings. The van der Waals surface area contributed by atoms with Crippen LogP contribution in [0.1, 0.15) is 0 Å². The van der Waals surface area contributed by atoms with Gasteiger partial charge in [0.15, 0.2) is 0 Å². The van der Waals surface area contributed by atoms with Crippen molar-refractivity contribution in [3.8, 4) is 72.9 Å². The van der Waals surface area contributed by atoms with Crippen LogP contribution in [0.25, 0.3) is 264 Å². The van der Waals surface area contributed by atoms with Gasteiger partial charge in [0, 0.05) is 115 Å². The summed E-state index contributed by atoms with van der Waals surface area (Å²) >= 11 is 0. The van der Waals surface area contributed by atoms with Crippen LogP contribution in [0.3, 0.4) is 0 Å². The van der Waals surface area contributed by atoms with E-state index in [1.807, 2.05) is 12.1 Å². The third kappa shape index (κ3) is 11.7. The Kier molecular flexibility index (Phi) is 17.0. The zero-order chi connectivity index (χ0) is 88.5. The first-order chi connectivity index (χ1) is 67.0. The molecule has 8 aromatic heterocycles. The van der Waals surface area contributed by atoms with Crippen LogP contribution in [0.5, 0.6) is 0 Å². The van der Waals surface area contributed by atoms with E-state index in [0.29, 0.717) is 0 Å². The number of furan rings is 1. The molecule has 0 aliphatic heterocycles. The maximum absolute atomic E-state index is 6.21. The Hall–Kier alpha value is -18.0. The summed E-state index contributed by atoms with van der Waals surface area (Å²) in [7, 11) is 0. The molecular weight excluding hydrogens is 1640 g/mol. The van der Waals surface area contributed by atoms with E-state index >= 15 is 0 Å². The molecule has 7 heteroatoms. The van der Waals surface area contributed by atoms with Crippen LogP contribution >= 0.6 is 0 Å². The van der Waals surface area contributed by atoms with Crippen LogP contribution in [-0.4, -0.2) is 27.2 Å². The van der Waals surface area contributed by atoms with Crippen LogP contribution in [0, 0.1) is 0 Å². The lowest BCUT2D eigenvalue weighted by molar-refractivity contribution is 0.669. The molecule has 22 aromatic carbocycles. The van der Waals surface area contributed by atoms with Crippen molar-refractivity contribution in [2.45, 2.75) is 0 Å². The molecule has 0 unspecified atom stereocenters. The minimum absolute atomic E-state index is 0.913. The van der Waals surface area contributed by atoms with E-state index in [9.17, 15) is 0 Å². The SMILES string of the molecule is c1ccc(-c2ccc(-n3c4cccc5c6ccccc6n6c7ccccc7c7ccc3c(c54)c76)cc2)cc1.c1ccc(-c2ccccc2-c2cccc(-n3c4ccccc4c4cc5c6c7ccccc7ccc6n(-c6ccccc6)c5cc43)c2)cc1.c1ccc(-n2c3cc4c(cc3c3ccc5ccccc5c32)c2ccccc2n4-c2ccc(-c3cccc4oc5ccccc5c34)cc2)cc1. The molecule has 0 aliphatic rings. The molecule has 0 aliphatic carbocycles. The Morgan fingerprint density at radius 2 is 0.511 bits per heavy atom. The normalized spacial score (nSPS) is 12.0. The van der Waals surface area contributed by atoms with Crippen molar-refractivity contribution < 1.29 is 4.42 Å². The van der Waals surface area contributed by atoms with E-state index in [1.165, 1.54) is 219 Å². The number of nitrogens with zero attached hydrogens (tertiary/aromatic N) is 6. The molecule has 0 N–H and O–H groups in total. The standard InChI is InChI=1S/C46H28N2O.C46H30N2.C36H22N2/c1-2-12-31(13-3-1)48-42-28-41-38(27-39(42)36-26-23-29-11-4-5-14-34(29)46(36)48)35-15-6-8-18-40(35)47(41)32-24-21-30(22-25-32)33-17-10-20-44-45(33)37-16-7-9-19-43(37)49-44;1-3-14-31(15-4-1)36-21-9-10-22-37(36)33-17-13-20-35(28-33)48-42-25-12-11-24-39(42)40-29-41-45(30-44(40)48)47(34-18-5-2-6-19-34)43-27-26-32-16-7-8-23-38(32)46(41)43;1-2-9-23(10-3-1)24-17-19-25(20-18-24)37-32-16-8-13-28-26-11-4-6-14-30(26)38-31-15-7-5-12-27(31)29-21-22-33(37)35(34(28)32)36(29)38/h1-28H;1-30H;1-22H. The topological polar surface area (TPSA) is 42.2 Å². The third-order valence-electron chi connectivity index (χ3n) is 28.4. The van der Waals surface area contributed by atoms with Crippen molar-refractivity contribution in [1.29, 1.82) is 0 Å². The van der Waals surface area contributed by atoms with Crippen LogP contribution < -0.4 is 0 Å². The van der Waals surface area contributed by atoms with Gasteiger partial charge in [0.05, 0.1) is 71.7 Å². The fourth-order valence-corrected chi connectivity index (χ4v) is 22.6. The summed E-state index contributed by atoms with van der Waals surface area (Å²) in [6.07, 6.45) is 0. The lowest BCUT2D eigenvalue weighted by Gasteiger charge is -2.14. The van der Waals surface area contributed by atoms with Crippen molar-refractivity contribution >= 4 is 191 Å². The molecule has 0 saturated heterocycles. The number of hydrogen-bond donors (Lipinski definition) is 0. The monoisotopic (exact) mass is 1720 g/mol. The molecular formula is C128H80N6O. The van der Waals surface area contributed by atoms with E-state index in [1.54, 1.807) is 0 Å². The van der Waals surface area contributed by atoms with Gasteiger partial charge in [-0.25, -0.2) is 0 Å². The van der Waals surface area contributed by atoms with Gasteiger partial charge in [0.2, 0.25) is 0 Å². The van der Waals surface area contributed by atoms with Crippen LogP contribution in [0.2, 0.25) is 0 Å². The Morgan fingerprint density at radius 3 is 1.19 bits per heavy atom. The summed E-state index contributed by atoms with van der Waals surface area (Å²) in [6, 6.07) is 176. The summed E-state index contributed by atoms with van der Waals surface area (Å²) in [5, 5.41) is 25.3. The minimum Gasteiger partial charge on any atom is -0.456 e. The number of fused-ring (bicyclic) bond motifs is 25. The van der Waals surface area contributed by atoms with Crippen molar-refractivity contribution in [3.05, 3.63) is 485 Å². The Balaban J connectivity index is 0.000000101. The van der Waals surface area contributed by atoms with E-state index < -0.39 is 0 Å². The molecule has 0 bridgehead atoms. The van der Waals surface area contributed by atoms with E-state index in [2.05, 4.69) is 500 Å². The van der Waals surface area contributed by atoms with Gasteiger partial charge in [-0.2, -0.15) is 0 Å². The van der Waals surface area contributed by atoms with Gasteiger partial charge >= 0.3 is 0 Å². The predicted octanol–water partition coefficient (Wildman–Crippen LogP) is 34.6. The highest BCUT2D eigenvalue weighted by atomic mass is 16.3. The van der Waals surface area contributed by atoms with Crippen molar-refractivity contribution in [2.75, 3.05) is 0 Å². The molecule has 7 nitrogen and oxygen atoms in total. The van der Waals surface area contributed by atoms with Gasteiger partial charge in [-0.15, -0.1) is 0 Å². The number of hydrogen-bond acceptors (Lipinski definition) is 1. The second-order valence-corrected chi connectivity index (χ2v) is 35.6. The first kappa shape index (κ1) is 75.9. The van der Waals surface area contributed by atoms with Crippen LogP contribution in [0.15, 0.2) is 490 Å². The van der Waals surface area contributed by atoms with Gasteiger partial charge in [0.25, 0.3) is 0 Å². The number of para-hydroxylation sites is 7. The molecule has 30 aromatic rings. The fraction of sp³-hybridized carbons (Fsp3) is 0. The number of aromatic nitrogens is 6. The summed E-state index contributed by atoms with van der Waals surface area (Å²) in [6.45, 7) is 0. The Labute approximate surface area is 775 Å². The van der Waals surface area contributed by atoms with Crippen LogP contribution in [-0.2, 0) is 0 Å². The van der Waals surface area contributed by atoms with E-state index in [0.717, 1.165) is 44.7 Å². The average molecular weight is 1720 g/mol. The Morgan fingerprint density at radius 1 is 0.141 bits per heavy atom. The van der Waals surface area contributed by atoms with Gasteiger partial charge in [-0.1, -0.05) is 346 Å².